The summed E-state index contributed by atoms with van der Waals surface area (Å²) in [5.74, 6) is 0.518. The largest absolute Gasteiger partial charge is 2.00 e. The van der Waals surface area contributed by atoms with Gasteiger partial charge in [-0.05, 0) is 12.1 Å². The van der Waals surface area contributed by atoms with Crippen molar-refractivity contribution in [3.63, 3.8) is 0 Å². The Morgan fingerprint density at radius 3 is 2.40 bits per heavy atom. The van der Waals surface area contributed by atoms with E-state index in [2.05, 4.69) is 36.4 Å². The Bertz CT molecular complexity index is 1030. The molecule has 30 heavy (non-hydrogen) atoms. The van der Waals surface area contributed by atoms with Crippen LogP contribution in [0.4, 0.5) is 13.2 Å². The standard InChI is InChI=1S/C11H9N2O.C8H4F3N4.Pt/c1-14-11-8-7-10(12-13-11)9-5-3-2-4-6-9;9-8(10,11)7-3-5(14-15-7)6-4-12-1-2-13-6;/h2-5,7-8H,1H3;1-4H;/q2*-1;+2. The van der Waals surface area contributed by atoms with Crippen molar-refractivity contribution in [3.05, 3.63) is 72.8 Å². The maximum atomic E-state index is 12.2. The van der Waals surface area contributed by atoms with Crippen molar-refractivity contribution >= 4 is 0 Å². The van der Waals surface area contributed by atoms with Crippen molar-refractivity contribution in [3.8, 4) is 28.5 Å². The van der Waals surface area contributed by atoms with E-state index < -0.39 is 11.9 Å². The first kappa shape index (κ1) is 23.2. The molecule has 11 heteroatoms. The third-order valence-electron chi connectivity index (χ3n) is 3.49. The third-order valence-corrected chi connectivity index (χ3v) is 3.49. The summed E-state index contributed by atoms with van der Waals surface area (Å²) in [4.78, 5) is 7.53. The normalized spacial score (nSPS) is 10.4. The molecular formula is C19H13F3N6OPt. The van der Waals surface area contributed by atoms with Crippen LogP contribution in [-0.4, -0.2) is 32.4 Å². The number of aromatic nitrogens is 6. The average molecular weight is 593 g/mol. The topological polar surface area (TPSA) is 87.8 Å². The quantitative estimate of drug-likeness (QED) is 0.337. The van der Waals surface area contributed by atoms with E-state index in [0.29, 0.717) is 5.88 Å². The number of hydrogen-bond donors (Lipinski definition) is 0. The molecule has 0 atom stereocenters. The van der Waals surface area contributed by atoms with E-state index in [1.807, 2.05) is 30.3 Å². The van der Waals surface area contributed by atoms with E-state index in [1.165, 1.54) is 18.6 Å². The van der Waals surface area contributed by atoms with E-state index in [9.17, 15) is 13.2 Å². The van der Waals surface area contributed by atoms with E-state index >= 15 is 0 Å². The summed E-state index contributed by atoms with van der Waals surface area (Å²) < 4.78 is 41.5. The first-order valence-electron chi connectivity index (χ1n) is 8.16. The number of alkyl halides is 3. The van der Waals surface area contributed by atoms with Gasteiger partial charge in [0.05, 0.1) is 19.0 Å². The predicted octanol–water partition coefficient (Wildman–Crippen LogP) is 3.46. The van der Waals surface area contributed by atoms with Crippen LogP contribution in [0, 0.1) is 6.07 Å². The molecule has 1 aromatic carbocycles. The van der Waals surface area contributed by atoms with Gasteiger partial charge in [0.15, 0.2) is 0 Å². The minimum Gasteiger partial charge on any atom is -0.573 e. The Balaban J connectivity index is 0.000000207. The van der Waals surface area contributed by atoms with Crippen molar-refractivity contribution in [2.45, 2.75) is 6.18 Å². The Hall–Kier alpha value is -3.13. The zero-order valence-electron chi connectivity index (χ0n) is 15.3. The Kier molecular flexibility index (Phi) is 8.17. The van der Waals surface area contributed by atoms with Crippen molar-refractivity contribution in [1.29, 1.82) is 0 Å². The second kappa shape index (κ2) is 10.6. The van der Waals surface area contributed by atoms with Crippen LogP contribution in [0.3, 0.4) is 0 Å². The molecule has 0 saturated heterocycles. The fraction of sp³-hybridized carbons (Fsp3) is 0.105. The van der Waals surface area contributed by atoms with Gasteiger partial charge in [-0.15, -0.1) is 41.0 Å². The molecule has 0 aliphatic rings. The summed E-state index contributed by atoms with van der Waals surface area (Å²) in [5.41, 5.74) is 1.04. The summed E-state index contributed by atoms with van der Waals surface area (Å²) in [5, 5.41) is 14.3. The Labute approximate surface area is 184 Å². The molecule has 4 aromatic rings. The molecule has 7 nitrogen and oxygen atoms in total. The molecule has 4 rings (SSSR count). The van der Waals surface area contributed by atoms with E-state index in [-0.39, 0.29) is 32.5 Å². The minimum atomic E-state index is -4.48. The van der Waals surface area contributed by atoms with Gasteiger partial charge >= 0.3 is 27.2 Å². The van der Waals surface area contributed by atoms with Crippen molar-refractivity contribution < 1.29 is 39.0 Å². The molecule has 0 radical (unpaired) electrons. The van der Waals surface area contributed by atoms with Crippen LogP contribution < -0.4 is 9.84 Å². The fourth-order valence-corrected chi connectivity index (χ4v) is 2.12. The van der Waals surface area contributed by atoms with Gasteiger partial charge in [0.1, 0.15) is 5.69 Å². The molecule has 0 bridgehead atoms. The third kappa shape index (κ3) is 6.18. The smallest absolute Gasteiger partial charge is 0.573 e. The van der Waals surface area contributed by atoms with Crippen molar-refractivity contribution in [1.82, 2.24) is 30.4 Å². The van der Waals surface area contributed by atoms with Crippen LogP contribution in [0.5, 0.6) is 5.88 Å². The minimum absolute atomic E-state index is 0. The predicted molar refractivity (Wildman–Crippen MR) is 96.4 cm³/mol. The SMILES string of the molecule is COc1ccc(-c2[c-]cccc2)nn1.FC(F)(F)c1cc(-c2cnccn2)[n-]n1.[Pt+2]. The van der Waals surface area contributed by atoms with Crippen LogP contribution in [0.2, 0.25) is 0 Å². The van der Waals surface area contributed by atoms with Crippen LogP contribution in [0.15, 0.2) is 61.1 Å². The van der Waals surface area contributed by atoms with Gasteiger partial charge in [0.25, 0.3) is 0 Å². The van der Waals surface area contributed by atoms with Crippen molar-refractivity contribution in [2.75, 3.05) is 7.11 Å². The average Bonchev–Trinajstić information content (AvgIpc) is 3.27. The molecule has 156 valence electrons. The molecular weight excluding hydrogens is 580 g/mol. The molecule has 0 unspecified atom stereocenters. The number of halogens is 3. The van der Waals surface area contributed by atoms with Gasteiger partial charge in [-0.3, -0.25) is 9.97 Å². The summed E-state index contributed by atoms with van der Waals surface area (Å²) >= 11 is 0. The summed E-state index contributed by atoms with van der Waals surface area (Å²) in [6.45, 7) is 0. The van der Waals surface area contributed by atoms with Crippen LogP contribution in [0.1, 0.15) is 5.69 Å². The molecule has 0 amide bonds. The first-order valence-corrected chi connectivity index (χ1v) is 8.16. The van der Waals surface area contributed by atoms with Crippen LogP contribution >= 0.6 is 0 Å². The number of hydrogen-bond acceptors (Lipinski definition) is 6. The molecule has 0 N–H and O–H groups in total. The van der Waals surface area contributed by atoms with Gasteiger partial charge in [-0.1, -0.05) is 11.8 Å². The second-order valence-electron chi connectivity index (χ2n) is 5.44. The molecule has 0 fully saturated rings. The van der Waals surface area contributed by atoms with E-state index in [4.69, 9.17) is 4.74 Å². The maximum absolute atomic E-state index is 12.2. The van der Waals surface area contributed by atoms with E-state index in [1.54, 1.807) is 13.2 Å². The van der Waals surface area contributed by atoms with Crippen LogP contribution in [-0.2, 0) is 27.2 Å². The zero-order chi connectivity index (χ0) is 20.7. The van der Waals surface area contributed by atoms with Crippen molar-refractivity contribution in [2.24, 2.45) is 0 Å². The number of nitrogens with zero attached hydrogens (tertiary/aromatic N) is 6. The molecule has 3 aromatic heterocycles. The van der Waals surface area contributed by atoms with Gasteiger partial charge in [-0.2, -0.15) is 18.3 Å². The second-order valence-corrected chi connectivity index (χ2v) is 5.44. The Morgan fingerprint density at radius 1 is 1.03 bits per heavy atom. The summed E-state index contributed by atoms with van der Waals surface area (Å²) in [6.07, 6.45) is -0.362. The van der Waals surface area contributed by atoms with E-state index in [0.717, 1.165) is 17.3 Å². The summed E-state index contributed by atoms with van der Waals surface area (Å²) in [6, 6.07) is 15.2. The van der Waals surface area contributed by atoms with Gasteiger partial charge in [-0.25, -0.2) is 0 Å². The molecule has 0 aliphatic heterocycles. The molecule has 0 spiro atoms. The first-order chi connectivity index (χ1) is 14.0. The number of benzene rings is 1. The van der Waals surface area contributed by atoms with Gasteiger partial charge < -0.3 is 14.9 Å². The number of rotatable bonds is 3. The zero-order valence-corrected chi connectivity index (χ0v) is 17.6. The fourth-order valence-electron chi connectivity index (χ4n) is 2.12. The monoisotopic (exact) mass is 593 g/mol. The van der Waals surface area contributed by atoms with Crippen LogP contribution in [0.25, 0.3) is 22.6 Å². The maximum Gasteiger partial charge on any atom is 2.00 e. The Morgan fingerprint density at radius 2 is 1.87 bits per heavy atom. The van der Waals surface area contributed by atoms with Gasteiger partial charge in [0.2, 0.25) is 5.88 Å². The number of ether oxygens (including phenoxy) is 1. The summed E-state index contributed by atoms with van der Waals surface area (Å²) in [7, 11) is 1.57. The molecule has 3 heterocycles. The number of methoxy groups -OCH3 is 1. The van der Waals surface area contributed by atoms with Gasteiger partial charge in [0, 0.05) is 18.1 Å². The molecule has 0 saturated carbocycles. The molecule has 0 aliphatic carbocycles.